The van der Waals surface area contributed by atoms with Crippen molar-refractivity contribution in [3.63, 3.8) is 0 Å². The molecule has 0 aliphatic rings. The van der Waals surface area contributed by atoms with Crippen LogP contribution in [0.4, 0.5) is 5.69 Å². The lowest BCUT2D eigenvalue weighted by Crippen LogP contribution is -2.29. The predicted octanol–water partition coefficient (Wildman–Crippen LogP) is 7.29. The van der Waals surface area contributed by atoms with Crippen LogP contribution in [0, 0.1) is 10.8 Å². The summed E-state index contributed by atoms with van der Waals surface area (Å²) in [4.78, 5) is 38.6. The molecule has 0 aliphatic heterocycles. The number of thiophene rings is 1. The lowest BCUT2D eigenvalue weighted by molar-refractivity contribution is -0.162. The zero-order valence-corrected chi connectivity index (χ0v) is 27.3. The van der Waals surface area contributed by atoms with Crippen molar-refractivity contribution < 1.29 is 37.5 Å². The SMILES string of the molecule is CC(C)(C)C(=O)OCOP(=O)(OCOC(=O)C(C)(C)C)C(C(=O)N/C=C/c1cccc(N)c1)c1csc2ccc(Cl)cc12. The topological polar surface area (TPSA) is 143 Å². The molecule has 0 spiro atoms. The average Bonchev–Trinajstić information content (AvgIpc) is 3.30. The van der Waals surface area contributed by atoms with Crippen molar-refractivity contribution in [2.45, 2.75) is 47.2 Å². The van der Waals surface area contributed by atoms with E-state index in [9.17, 15) is 18.9 Å². The van der Waals surface area contributed by atoms with Gasteiger partial charge < -0.3 is 20.5 Å². The molecule has 2 aromatic carbocycles. The van der Waals surface area contributed by atoms with E-state index >= 15 is 0 Å². The molecule has 10 nitrogen and oxygen atoms in total. The first-order valence-electron chi connectivity index (χ1n) is 13.2. The smallest absolute Gasteiger partial charge is 0.353 e. The van der Waals surface area contributed by atoms with Crippen molar-refractivity contribution in [1.29, 1.82) is 0 Å². The zero-order chi connectivity index (χ0) is 32.0. The van der Waals surface area contributed by atoms with Crippen molar-refractivity contribution >= 4 is 70.2 Å². The third-order valence-corrected chi connectivity index (χ3v) is 9.20. The highest BCUT2D eigenvalue weighted by molar-refractivity contribution is 7.55. The maximum atomic E-state index is 14.6. The number of amides is 1. The highest BCUT2D eigenvalue weighted by atomic mass is 35.5. The summed E-state index contributed by atoms with van der Waals surface area (Å²) in [6, 6.07) is 12.1. The second-order valence-corrected chi connectivity index (χ2v) is 15.1. The number of fused-ring (bicyclic) bond motifs is 1. The summed E-state index contributed by atoms with van der Waals surface area (Å²) in [6.45, 7) is 8.27. The van der Waals surface area contributed by atoms with Gasteiger partial charge in [-0.25, -0.2) is 0 Å². The molecular formula is C30H36ClN2O8PS. The maximum absolute atomic E-state index is 14.6. The lowest BCUT2D eigenvalue weighted by atomic mass is 9.98. The minimum atomic E-state index is -4.59. The van der Waals surface area contributed by atoms with Crippen LogP contribution < -0.4 is 11.1 Å². The number of carbonyl (C=O) groups excluding carboxylic acids is 3. The Kier molecular flexibility index (Phi) is 11.2. The van der Waals surface area contributed by atoms with Gasteiger partial charge in [-0.3, -0.25) is 28.0 Å². The fourth-order valence-corrected chi connectivity index (χ4v) is 6.50. The maximum Gasteiger partial charge on any atom is 0.353 e. The van der Waals surface area contributed by atoms with Crippen molar-refractivity contribution in [3.8, 4) is 0 Å². The summed E-state index contributed by atoms with van der Waals surface area (Å²) in [5, 5.41) is 5.22. The molecule has 1 amide bonds. The van der Waals surface area contributed by atoms with Crippen LogP contribution in [-0.2, 0) is 37.5 Å². The molecule has 13 heteroatoms. The Balaban J connectivity index is 2.02. The largest absolute Gasteiger partial charge is 0.438 e. The van der Waals surface area contributed by atoms with E-state index in [0.29, 0.717) is 27.2 Å². The number of carbonyl (C=O) groups is 3. The van der Waals surface area contributed by atoms with Crippen LogP contribution in [0.1, 0.15) is 58.3 Å². The third-order valence-electron chi connectivity index (χ3n) is 5.91. The lowest BCUT2D eigenvalue weighted by Gasteiger charge is -2.27. The van der Waals surface area contributed by atoms with Gasteiger partial charge in [-0.2, -0.15) is 0 Å². The molecule has 0 fully saturated rings. The fraction of sp³-hybridized carbons (Fsp3) is 0.367. The number of nitrogen functional groups attached to an aromatic ring is 1. The number of nitrogens with two attached hydrogens (primary N) is 1. The first kappa shape index (κ1) is 34.3. The number of nitrogens with one attached hydrogen (secondary N) is 1. The van der Waals surface area contributed by atoms with Gasteiger partial charge in [0.25, 0.3) is 0 Å². The number of anilines is 1. The number of esters is 2. The fourth-order valence-electron chi connectivity index (χ4n) is 3.58. The van der Waals surface area contributed by atoms with Gasteiger partial charge in [0.05, 0.1) is 10.8 Å². The van der Waals surface area contributed by atoms with Crippen LogP contribution >= 0.6 is 30.5 Å². The molecule has 0 bridgehead atoms. The standard InChI is InChI=1S/C30H36ClN2O8PS/c1-29(2,3)27(35)38-17-40-42(37,41-18-39-28(36)30(4,5)6)25(23-16-43-24-11-10-20(31)15-22(23)24)26(34)33-13-12-19-8-7-9-21(32)14-19/h7-16,25H,17-18,32H2,1-6H3,(H,33,34)/b13-12+. The minimum absolute atomic E-state index is 0.296. The minimum Gasteiger partial charge on any atom is -0.438 e. The monoisotopic (exact) mass is 650 g/mol. The summed E-state index contributed by atoms with van der Waals surface area (Å²) in [6.07, 6.45) is 2.98. The molecule has 43 heavy (non-hydrogen) atoms. The van der Waals surface area contributed by atoms with E-state index in [-0.39, 0.29) is 0 Å². The van der Waals surface area contributed by atoms with Crippen molar-refractivity contribution in [2.75, 3.05) is 19.3 Å². The summed E-state index contributed by atoms with van der Waals surface area (Å²) in [5.74, 6) is -2.01. The van der Waals surface area contributed by atoms with Gasteiger partial charge in [0.15, 0.2) is 5.66 Å². The Morgan fingerprint density at radius 1 is 0.977 bits per heavy atom. The third kappa shape index (κ3) is 9.39. The Morgan fingerprint density at radius 2 is 1.58 bits per heavy atom. The highest BCUT2D eigenvalue weighted by Crippen LogP contribution is 2.62. The molecule has 1 unspecified atom stereocenters. The molecule has 1 atom stereocenters. The van der Waals surface area contributed by atoms with Crippen LogP contribution in [0.3, 0.4) is 0 Å². The van der Waals surface area contributed by atoms with E-state index < -0.39 is 55.5 Å². The van der Waals surface area contributed by atoms with Gasteiger partial charge in [0.1, 0.15) is 0 Å². The quantitative estimate of drug-likeness (QED) is 0.0946. The molecular weight excluding hydrogens is 615 g/mol. The summed E-state index contributed by atoms with van der Waals surface area (Å²) >= 11 is 7.57. The number of benzene rings is 2. The molecule has 0 aliphatic carbocycles. The predicted molar refractivity (Wildman–Crippen MR) is 168 cm³/mol. The van der Waals surface area contributed by atoms with Crippen LogP contribution in [0.2, 0.25) is 5.02 Å². The Hall–Kier alpha value is -3.21. The Bertz CT molecular complexity index is 1520. The second-order valence-electron chi connectivity index (χ2n) is 11.6. The molecule has 3 aromatic rings. The second kappa shape index (κ2) is 14.1. The summed E-state index contributed by atoms with van der Waals surface area (Å²) in [7, 11) is -4.59. The van der Waals surface area contributed by atoms with E-state index in [1.807, 2.05) is 0 Å². The number of ether oxygens (including phenoxy) is 2. The van der Waals surface area contributed by atoms with Crippen molar-refractivity contribution in [2.24, 2.45) is 10.8 Å². The van der Waals surface area contributed by atoms with Gasteiger partial charge in [0, 0.05) is 21.6 Å². The number of hydrogen-bond donors (Lipinski definition) is 2. The van der Waals surface area contributed by atoms with Gasteiger partial charge in [-0.1, -0.05) is 23.7 Å². The number of halogens is 1. The molecule has 0 saturated heterocycles. The summed E-state index contributed by atoms with van der Waals surface area (Å²) in [5.41, 5.74) is 4.06. The molecule has 0 saturated carbocycles. The highest BCUT2D eigenvalue weighted by Gasteiger charge is 2.45. The molecule has 0 radical (unpaired) electrons. The number of hydrogen-bond acceptors (Lipinski definition) is 10. The van der Waals surface area contributed by atoms with Gasteiger partial charge in [0.2, 0.25) is 19.5 Å². The molecule has 1 aromatic heterocycles. The van der Waals surface area contributed by atoms with Crippen LogP contribution in [0.15, 0.2) is 54.0 Å². The zero-order valence-electron chi connectivity index (χ0n) is 24.8. The van der Waals surface area contributed by atoms with Crippen LogP contribution in [0.5, 0.6) is 0 Å². The van der Waals surface area contributed by atoms with Gasteiger partial charge in [-0.15, -0.1) is 11.3 Å². The van der Waals surface area contributed by atoms with E-state index in [4.69, 9.17) is 35.9 Å². The van der Waals surface area contributed by atoms with Gasteiger partial charge in [-0.05, 0) is 99.8 Å². The molecule has 1 heterocycles. The van der Waals surface area contributed by atoms with E-state index in [2.05, 4.69) is 5.32 Å². The van der Waals surface area contributed by atoms with E-state index in [1.165, 1.54) is 17.5 Å². The normalized spacial score (nSPS) is 13.2. The first-order chi connectivity index (χ1) is 20.0. The Labute approximate surface area is 260 Å². The van der Waals surface area contributed by atoms with Crippen molar-refractivity contribution in [1.82, 2.24) is 5.32 Å². The van der Waals surface area contributed by atoms with Gasteiger partial charge >= 0.3 is 19.5 Å². The van der Waals surface area contributed by atoms with E-state index in [1.54, 1.807) is 95.5 Å². The number of rotatable bonds is 11. The Morgan fingerprint density at radius 3 is 2.14 bits per heavy atom. The first-order valence-corrected chi connectivity index (χ1v) is 16.1. The van der Waals surface area contributed by atoms with Crippen LogP contribution in [-0.4, -0.2) is 31.4 Å². The molecule has 232 valence electrons. The molecule has 3 N–H and O–H groups in total. The van der Waals surface area contributed by atoms with E-state index in [0.717, 1.165) is 4.70 Å². The van der Waals surface area contributed by atoms with Crippen LogP contribution in [0.25, 0.3) is 16.2 Å². The average molecular weight is 651 g/mol. The summed E-state index contributed by atoms with van der Waals surface area (Å²) < 4.78 is 36.9. The molecule has 3 rings (SSSR count). The van der Waals surface area contributed by atoms with Crippen molar-refractivity contribution in [3.05, 3.63) is 70.2 Å².